The molecule has 1 heterocycles. The first-order valence-corrected chi connectivity index (χ1v) is 7.47. The quantitative estimate of drug-likeness (QED) is 0.784. The second-order valence-corrected chi connectivity index (χ2v) is 6.01. The second kappa shape index (κ2) is 4.72. The third-order valence-electron chi connectivity index (χ3n) is 4.96. The summed E-state index contributed by atoms with van der Waals surface area (Å²) < 4.78 is 4.92. The lowest BCUT2D eigenvalue weighted by atomic mass is 9.78. The lowest BCUT2D eigenvalue weighted by Gasteiger charge is -2.29. The number of carbonyl (C=O) groups is 2. The number of benzene rings is 1. The average molecular weight is 283 g/mol. The van der Waals surface area contributed by atoms with E-state index < -0.39 is 6.09 Å². The zero-order valence-corrected chi connectivity index (χ0v) is 11.6. The van der Waals surface area contributed by atoms with Crippen LogP contribution in [0.1, 0.15) is 17.9 Å². The van der Waals surface area contributed by atoms with E-state index in [1.165, 1.54) is 10.5 Å². The van der Waals surface area contributed by atoms with Gasteiger partial charge in [-0.25, -0.2) is 9.69 Å². The lowest BCUT2D eigenvalue weighted by Crippen LogP contribution is -2.40. The van der Waals surface area contributed by atoms with Crippen molar-refractivity contribution in [3.05, 3.63) is 48.0 Å². The molecule has 1 aromatic rings. The first-order valence-electron chi connectivity index (χ1n) is 7.47. The number of ether oxygens (including phenoxy) is 1. The Morgan fingerprint density at radius 2 is 1.90 bits per heavy atom. The van der Waals surface area contributed by atoms with Gasteiger partial charge >= 0.3 is 6.09 Å². The van der Waals surface area contributed by atoms with Crippen LogP contribution in [0.25, 0.3) is 0 Å². The van der Waals surface area contributed by atoms with E-state index in [1.807, 2.05) is 18.2 Å². The number of fused-ring (bicyclic) bond motifs is 2. The first kappa shape index (κ1) is 12.6. The predicted molar refractivity (Wildman–Crippen MR) is 76.5 cm³/mol. The summed E-state index contributed by atoms with van der Waals surface area (Å²) in [5.41, 5.74) is 1.19. The molecular formula is C17H17NO3. The molecule has 1 aliphatic heterocycles. The molecule has 108 valence electrons. The maximum atomic E-state index is 12.8. The number of allylic oxidation sites excluding steroid dienone is 2. The summed E-state index contributed by atoms with van der Waals surface area (Å²) >= 11 is 0. The third kappa shape index (κ3) is 1.89. The number of hydrogen-bond acceptors (Lipinski definition) is 3. The second-order valence-electron chi connectivity index (χ2n) is 6.01. The molecule has 4 atom stereocenters. The van der Waals surface area contributed by atoms with E-state index in [0.717, 1.165) is 6.42 Å². The Labute approximate surface area is 123 Å². The van der Waals surface area contributed by atoms with Crippen molar-refractivity contribution in [3.63, 3.8) is 0 Å². The zero-order chi connectivity index (χ0) is 14.4. The number of imide groups is 1. The molecule has 0 spiro atoms. The first-order chi connectivity index (χ1) is 10.3. The molecule has 1 saturated carbocycles. The van der Waals surface area contributed by atoms with Crippen LogP contribution in [0, 0.1) is 17.8 Å². The van der Waals surface area contributed by atoms with Crippen molar-refractivity contribution < 1.29 is 14.3 Å². The van der Waals surface area contributed by atoms with E-state index in [1.54, 1.807) is 0 Å². The highest BCUT2D eigenvalue weighted by Gasteiger charge is 2.51. The summed E-state index contributed by atoms with van der Waals surface area (Å²) in [4.78, 5) is 25.8. The highest BCUT2D eigenvalue weighted by molar-refractivity contribution is 5.95. The molecule has 0 unspecified atom stereocenters. The van der Waals surface area contributed by atoms with Crippen molar-refractivity contribution >= 4 is 12.0 Å². The molecule has 3 aliphatic rings. The fourth-order valence-electron chi connectivity index (χ4n) is 4.06. The van der Waals surface area contributed by atoms with E-state index in [2.05, 4.69) is 24.3 Å². The van der Waals surface area contributed by atoms with Crippen LogP contribution in [0.5, 0.6) is 0 Å². The molecule has 4 nitrogen and oxygen atoms in total. The van der Waals surface area contributed by atoms with Crippen molar-refractivity contribution in [1.29, 1.82) is 0 Å². The molecule has 0 radical (unpaired) electrons. The maximum Gasteiger partial charge on any atom is 0.416 e. The van der Waals surface area contributed by atoms with Crippen molar-refractivity contribution in [2.24, 2.45) is 17.8 Å². The Bertz CT molecular complexity index is 610. The van der Waals surface area contributed by atoms with Crippen LogP contribution in [0.3, 0.4) is 0 Å². The molecule has 4 rings (SSSR count). The van der Waals surface area contributed by atoms with Crippen LogP contribution in [0.2, 0.25) is 0 Å². The standard InChI is InChI=1S/C17H17NO3/c19-16(18-8-9-21-17(18)20)15-13-7-6-12(10-13)14(15)11-4-2-1-3-5-11/h1-7,12-15H,8-10H2/t12-,13+,14+,15+/m0/s1. The number of nitrogens with zero attached hydrogens (tertiary/aromatic N) is 1. The molecule has 4 heteroatoms. The van der Waals surface area contributed by atoms with Gasteiger partial charge in [0.1, 0.15) is 6.61 Å². The monoisotopic (exact) mass is 283 g/mol. The smallest absolute Gasteiger partial charge is 0.416 e. The maximum absolute atomic E-state index is 12.8. The number of cyclic esters (lactones) is 1. The van der Waals surface area contributed by atoms with Gasteiger partial charge in [0.25, 0.3) is 0 Å². The van der Waals surface area contributed by atoms with Gasteiger partial charge in [0.05, 0.1) is 12.5 Å². The van der Waals surface area contributed by atoms with E-state index in [9.17, 15) is 9.59 Å². The lowest BCUT2D eigenvalue weighted by molar-refractivity contribution is -0.133. The van der Waals surface area contributed by atoms with Gasteiger partial charge in [-0.3, -0.25) is 4.79 Å². The highest BCUT2D eigenvalue weighted by Crippen LogP contribution is 2.53. The van der Waals surface area contributed by atoms with Gasteiger partial charge in [-0.05, 0) is 23.8 Å². The Kier molecular flexibility index (Phi) is 2.84. The summed E-state index contributed by atoms with van der Waals surface area (Å²) in [6, 6.07) is 10.2. The number of carbonyl (C=O) groups excluding carboxylic acids is 2. The molecule has 0 N–H and O–H groups in total. The van der Waals surface area contributed by atoms with Crippen LogP contribution in [0.4, 0.5) is 4.79 Å². The SMILES string of the molecule is O=C1OCCN1C(=O)[C@H]1[C@H](c2ccccc2)[C@H]2C=C[C@@H]1C2. The molecule has 1 saturated heterocycles. The van der Waals surface area contributed by atoms with Gasteiger partial charge in [-0.15, -0.1) is 0 Å². The summed E-state index contributed by atoms with van der Waals surface area (Å²) in [6.07, 6.45) is 4.90. The number of rotatable bonds is 2. The summed E-state index contributed by atoms with van der Waals surface area (Å²) in [7, 11) is 0. The van der Waals surface area contributed by atoms with E-state index >= 15 is 0 Å². The van der Waals surface area contributed by atoms with Gasteiger partial charge in [-0.2, -0.15) is 0 Å². The van der Waals surface area contributed by atoms with Gasteiger partial charge in [0, 0.05) is 5.92 Å². The Morgan fingerprint density at radius 3 is 2.62 bits per heavy atom. The highest BCUT2D eigenvalue weighted by atomic mass is 16.6. The summed E-state index contributed by atoms with van der Waals surface area (Å²) in [5.74, 6) is 0.643. The molecule has 1 aromatic carbocycles. The van der Waals surface area contributed by atoms with Gasteiger partial charge in [-0.1, -0.05) is 42.5 Å². The van der Waals surface area contributed by atoms with E-state index in [4.69, 9.17) is 4.74 Å². The van der Waals surface area contributed by atoms with E-state index in [-0.39, 0.29) is 23.7 Å². The Hall–Kier alpha value is -2.10. The molecule has 2 aliphatic carbocycles. The largest absolute Gasteiger partial charge is 0.447 e. The van der Waals surface area contributed by atoms with E-state index in [0.29, 0.717) is 19.1 Å². The van der Waals surface area contributed by atoms with Gasteiger partial charge in [0.15, 0.2) is 0 Å². The normalized spacial score (nSPS) is 33.5. The van der Waals surface area contributed by atoms with Crippen LogP contribution in [0.15, 0.2) is 42.5 Å². The zero-order valence-electron chi connectivity index (χ0n) is 11.6. The minimum atomic E-state index is -0.487. The fourth-order valence-corrected chi connectivity index (χ4v) is 4.06. The van der Waals surface area contributed by atoms with Crippen molar-refractivity contribution in [2.75, 3.05) is 13.2 Å². The Morgan fingerprint density at radius 1 is 1.14 bits per heavy atom. The van der Waals surface area contributed by atoms with Crippen molar-refractivity contribution in [2.45, 2.75) is 12.3 Å². The van der Waals surface area contributed by atoms with Crippen molar-refractivity contribution in [1.82, 2.24) is 4.90 Å². The summed E-state index contributed by atoms with van der Waals surface area (Å²) in [6.45, 7) is 0.702. The topological polar surface area (TPSA) is 46.6 Å². The van der Waals surface area contributed by atoms with Crippen LogP contribution >= 0.6 is 0 Å². The average Bonchev–Trinajstić information content (AvgIpc) is 3.22. The fraction of sp³-hybridized carbons (Fsp3) is 0.412. The predicted octanol–water partition coefficient (Wildman–Crippen LogP) is 2.57. The van der Waals surface area contributed by atoms with Gasteiger partial charge < -0.3 is 4.74 Å². The molecule has 2 bridgehead atoms. The minimum absolute atomic E-state index is 0.0665. The summed E-state index contributed by atoms with van der Waals surface area (Å²) in [5, 5.41) is 0. The molecular weight excluding hydrogens is 266 g/mol. The molecule has 0 aromatic heterocycles. The number of hydrogen-bond donors (Lipinski definition) is 0. The van der Waals surface area contributed by atoms with Crippen molar-refractivity contribution in [3.8, 4) is 0 Å². The third-order valence-corrected chi connectivity index (χ3v) is 4.96. The number of amides is 2. The molecule has 2 fully saturated rings. The Balaban J connectivity index is 1.68. The minimum Gasteiger partial charge on any atom is -0.447 e. The van der Waals surface area contributed by atoms with Crippen LogP contribution < -0.4 is 0 Å². The molecule has 21 heavy (non-hydrogen) atoms. The van der Waals surface area contributed by atoms with Crippen LogP contribution in [-0.4, -0.2) is 30.1 Å². The van der Waals surface area contributed by atoms with Gasteiger partial charge in [0.2, 0.25) is 5.91 Å². The molecule has 2 amide bonds. The van der Waals surface area contributed by atoms with Crippen LogP contribution in [-0.2, 0) is 9.53 Å².